The zero-order valence-corrected chi connectivity index (χ0v) is 13.0. The summed E-state index contributed by atoms with van der Waals surface area (Å²) in [5.41, 5.74) is 2.51. The Bertz CT molecular complexity index is 446. The van der Waals surface area contributed by atoms with Gasteiger partial charge in [0.05, 0.1) is 11.9 Å². The van der Waals surface area contributed by atoms with Gasteiger partial charge in [0.15, 0.2) is 0 Å². The quantitative estimate of drug-likeness (QED) is 0.927. The molecule has 1 fully saturated rings. The van der Waals surface area contributed by atoms with Gasteiger partial charge in [0.1, 0.15) is 0 Å². The van der Waals surface area contributed by atoms with E-state index in [4.69, 9.17) is 0 Å². The largest absolute Gasteiger partial charge is 0.391 e. The summed E-state index contributed by atoms with van der Waals surface area (Å²) < 4.78 is 0. The average Bonchev–Trinajstić information content (AvgIpc) is 2.44. The second kappa shape index (κ2) is 7.14. The second-order valence-electron chi connectivity index (χ2n) is 5.65. The van der Waals surface area contributed by atoms with E-state index in [0.29, 0.717) is 18.2 Å². The highest BCUT2D eigenvalue weighted by molar-refractivity contribution is 7.99. The van der Waals surface area contributed by atoms with E-state index >= 15 is 0 Å². The van der Waals surface area contributed by atoms with Crippen molar-refractivity contribution in [1.29, 1.82) is 0 Å². The van der Waals surface area contributed by atoms with Gasteiger partial charge in [-0.1, -0.05) is 36.8 Å². The first kappa shape index (κ1) is 15.4. The van der Waals surface area contributed by atoms with Crippen LogP contribution in [-0.2, 0) is 10.5 Å². The molecule has 1 saturated heterocycles. The number of hydrogen-bond donors (Lipinski definition) is 1. The number of aliphatic hydroxyl groups is 1. The maximum atomic E-state index is 12.1. The van der Waals surface area contributed by atoms with Gasteiger partial charge in [-0.3, -0.25) is 4.79 Å². The molecule has 1 aliphatic heterocycles. The molecule has 1 aromatic carbocycles. The Labute approximate surface area is 125 Å². The number of rotatable bonds is 4. The number of likely N-dealkylation sites (tertiary alicyclic amines) is 1. The number of hydrogen-bond acceptors (Lipinski definition) is 3. The molecule has 2 unspecified atom stereocenters. The lowest BCUT2D eigenvalue weighted by Gasteiger charge is -2.34. The molecule has 4 heteroatoms. The van der Waals surface area contributed by atoms with Gasteiger partial charge in [0.2, 0.25) is 5.91 Å². The Hall–Kier alpha value is -1.00. The molecule has 0 bridgehead atoms. The number of thioether (sulfide) groups is 1. The lowest BCUT2D eigenvalue weighted by molar-refractivity contribution is -0.132. The van der Waals surface area contributed by atoms with Crippen LogP contribution in [0, 0.1) is 12.8 Å². The standard InChI is InChI=1S/C16H23NO2S/c1-12-3-5-14(6-4-12)10-20-11-16(19)17-8-7-13(2)15(18)9-17/h3-6,13,15,18H,7-11H2,1-2H3. The fourth-order valence-corrected chi connectivity index (χ4v) is 3.19. The topological polar surface area (TPSA) is 40.5 Å². The van der Waals surface area contributed by atoms with Gasteiger partial charge in [-0.05, 0) is 24.8 Å². The van der Waals surface area contributed by atoms with Gasteiger partial charge in [0.25, 0.3) is 0 Å². The maximum Gasteiger partial charge on any atom is 0.232 e. The van der Waals surface area contributed by atoms with Gasteiger partial charge in [-0.15, -0.1) is 11.8 Å². The molecule has 1 heterocycles. The van der Waals surface area contributed by atoms with Crippen LogP contribution < -0.4 is 0 Å². The summed E-state index contributed by atoms with van der Waals surface area (Å²) in [5, 5.41) is 9.83. The van der Waals surface area contributed by atoms with Crippen molar-refractivity contribution < 1.29 is 9.90 Å². The number of amides is 1. The van der Waals surface area contributed by atoms with Crippen LogP contribution >= 0.6 is 11.8 Å². The Morgan fingerprint density at radius 3 is 2.75 bits per heavy atom. The van der Waals surface area contributed by atoms with Crippen LogP contribution in [0.4, 0.5) is 0 Å². The van der Waals surface area contributed by atoms with E-state index in [1.54, 1.807) is 16.7 Å². The lowest BCUT2D eigenvalue weighted by Crippen LogP contribution is -2.46. The van der Waals surface area contributed by atoms with E-state index in [2.05, 4.69) is 31.2 Å². The Balaban J connectivity index is 1.74. The molecule has 0 spiro atoms. The van der Waals surface area contributed by atoms with Crippen LogP contribution in [0.5, 0.6) is 0 Å². The number of carbonyl (C=O) groups excluding carboxylic acids is 1. The number of carbonyl (C=O) groups is 1. The highest BCUT2D eigenvalue weighted by Gasteiger charge is 2.26. The van der Waals surface area contributed by atoms with Crippen LogP contribution in [0.2, 0.25) is 0 Å². The molecule has 0 saturated carbocycles. The third-order valence-corrected chi connectivity index (χ3v) is 4.87. The first-order valence-electron chi connectivity index (χ1n) is 7.15. The zero-order valence-electron chi connectivity index (χ0n) is 12.2. The lowest BCUT2D eigenvalue weighted by atomic mass is 9.96. The highest BCUT2D eigenvalue weighted by Crippen LogP contribution is 2.19. The Kier molecular flexibility index (Phi) is 5.49. The van der Waals surface area contributed by atoms with Crippen LogP contribution in [-0.4, -0.2) is 40.9 Å². The van der Waals surface area contributed by atoms with Gasteiger partial charge in [-0.2, -0.15) is 0 Å². The summed E-state index contributed by atoms with van der Waals surface area (Å²) in [6.45, 7) is 5.38. The highest BCUT2D eigenvalue weighted by atomic mass is 32.2. The van der Waals surface area contributed by atoms with Gasteiger partial charge >= 0.3 is 0 Å². The molecule has 3 nitrogen and oxygen atoms in total. The Morgan fingerprint density at radius 1 is 1.40 bits per heavy atom. The van der Waals surface area contributed by atoms with Gasteiger partial charge in [0, 0.05) is 18.8 Å². The number of aryl methyl sites for hydroxylation is 1. The smallest absolute Gasteiger partial charge is 0.232 e. The Morgan fingerprint density at radius 2 is 2.10 bits per heavy atom. The fraction of sp³-hybridized carbons (Fsp3) is 0.562. The molecule has 110 valence electrons. The molecule has 1 aliphatic rings. The fourth-order valence-electron chi connectivity index (χ4n) is 2.31. The van der Waals surface area contributed by atoms with E-state index in [9.17, 15) is 9.90 Å². The molecular weight excluding hydrogens is 270 g/mol. The summed E-state index contributed by atoms with van der Waals surface area (Å²) >= 11 is 1.64. The van der Waals surface area contributed by atoms with Crippen molar-refractivity contribution in [2.45, 2.75) is 32.1 Å². The van der Waals surface area contributed by atoms with Crippen LogP contribution in [0.3, 0.4) is 0 Å². The molecular formula is C16H23NO2S. The molecule has 0 aliphatic carbocycles. The molecule has 2 atom stereocenters. The van der Waals surface area contributed by atoms with Crippen molar-refractivity contribution >= 4 is 17.7 Å². The van der Waals surface area contributed by atoms with Crippen molar-refractivity contribution in [2.24, 2.45) is 5.92 Å². The van der Waals surface area contributed by atoms with Crippen LogP contribution in [0.15, 0.2) is 24.3 Å². The minimum atomic E-state index is -0.366. The van der Waals surface area contributed by atoms with Crippen molar-refractivity contribution in [1.82, 2.24) is 4.90 Å². The van der Waals surface area contributed by atoms with Crippen molar-refractivity contribution in [3.63, 3.8) is 0 Å². The summed E-state index contributed by atoms with van der Waals surface area (Å²) in [6, 6.07) is 8.42. The number of benzene rings is 1. The molecule has 1 N–H and O–H groups in total. The SMILES string of the molecule is Cc1ccc(CSCC(=O)N2CCC(C)C(O)C2)cc1. The number of β-amino-alcohol motifs (C(OH)–C–C–N with tert-alkyl or cyclic N) is 1. The molecule has 2 rings (SSSR count). The van der Waals surface area contributed by atoms with Crippen molar-refractivity contribution in [3.05, 3.63) is 35.4 Å². The minimum absolute atomic E-state index is 0.146. The normalized spacial score (nSPS) is 22.9. The van der Waals surface area contributed by atoms with Gasteiger partial charge < -0.3 is 10.0 Å². The van der Waals surface area contributed by atoms with Crippen molar-refractivity contribution in [3.8, 4) is 0 Å². The third-order valence-electron chi connectivity index (χ3n) is 3.89. The summed E-state index contributed by atoms with van der Waals surface area (Å²) in [7, 11) is 0. The first-order chi connectivity index (χ1) is 9.56. The number of aliphatic hydroxyl groups excluding tert-OH is 1. The van der Waals surface area contributed by atoms with Crippen molar-refractivity contribution in [2.75, 3.05) is 18.8 Å². The molecule has 20 heavy (non-hydrogen) atoms. The van der Waals surface area contributed by atoms with E-state index in [1.165, 1.54) is 11.1 Å². The van der Waals surface area contributed by atoms with Gasteiger partial charge in [-0.25, -0.2) is 0 Å². The number of nitrogens with zero attached hydrogens (tertiary/aromatic N) is 1. The summed E-state index contributed by atoms with van der Waals surface area (Å²) in [6.07, 6.45) is 0.532. The first-order valence-corrected chi connectivity index (χ1v) is 8.31. The van der Waals surface area contributed by atoms with E-state index < -0.39 is 0 Å². The van der Waals surface area contributed by atoms with Crippen LogP contribution in [0.1, 0.15) is 24.5 Å². The summed E-state index contributed by atoms with van der Waals surface area (Å²) in [4.78, 5) is 13.9. The summed E-state index contributed by atoms with van der Waals surface area (Å²) in [5.74, 6) is 1.81. The zero-order chi connectivity index (χ0) is 14.5. The minimum Gasteiger partial charge on any atom is -0.391 e. The monoisotopic (exact) mass is 293 g/mol. The third kappa shape index (κ3) is 4.25. The maximum absolute atomic E-state index is 12.1. The number of piperidine rings is 1. The molecule has 0 radical (unpaired) electrons. The van der Waals surface area contributed by atoms with E-state index in [-0.39, 0.29) is 12.0 Å². The molecule has 1 aromatic rings. The predicted molar refractivity (Wildman–Crippen MR) is 83.7 cm³/mol. The van der Waals surface area contributed by atoms with Crippen LogP contribution in [0.25, 0.3) is 0 Å². The predicted octanol–water partition coefficient (Wildman–Crippen LogP) is 2.46. The van der Waals surface area contributed by atoms with E-state index in [1.807, 2.05) is 6.92 Å². The molecule has 1 amide bonds. The second-order valence-corrected chi connectivity index (χ2v) is 6.64. The molecule has 0 aromatic heterocycles. The van der Waals surface area contributed by atoms with E-state index in [0.717, 1.165) is 18.7 Å². The average molecular weight is 293 g/mol.